The number of carbonyl (C=O) groups is 1. The fraction of sp³-hybridized carbons (Fsp3) is 0.375. The lowest BCUT2D eigenvalue weighted by Gasteiger charge is -2.30. The zero-order valence-electron chi connectivity index (χ0n) is 13.3. The lowest BCUT2D eigenvalue weighted by Crippen LogP contribution is -2.39. The molecular weight excluding hydrogens is 344 g/mol. The van der Waals surface area contributed by atoms with Crippen molar-refractivity contribution in [2.75, 3.05) is 26.3 Å². The third kappa shape index (κ3) is 4.00. The number of nitrogens with zero attached hydrogens (tertiary/aromatic N) is 4. The minimum atomic E-state index is -0.565. The van der Waals surface area contributed by atoms with Crippen LogP contribution in [0.2, 0.25) is 0 Å². The van der Waals surface area contributed by atoms with Crippen LogP contribution in [0.15, 0.2) is 36.9 Å². The Kier molecular flexibility index (Phi) is 5.60. The molecule has 0 aliphatic carbocycles. The maximum Gasteiger partial charge on any atom is 0.198 e. The van der Waals surface area contributed by atoms with E-state index in [1.807, 2.05) is 31.2 Å². The molecule has 1 aromatic carbocycles. The van der Waals surface area contributed by atoms with Gasteiger partial charge in [0.05, 0.1) is 13.2 Å². The average Bonchev–Trinajstić information content (AvgIpc) is 3.14. The van der Waals surface area contributed by atoms with E-state index in [1.165, 1.54) is 18.1 Å². The first kappa shape index (κ1) is 17.1. The number of morpholine rings is 1. The van der Waals surface area contributed by atoms with Crippen LogP contribution in [0.4, 0.5) is 0 Å². The lowest BCUT2D eigenvalue weighted by molar-refractivity contribution is 0.0702. The van der Waals surface area contributed by atoms with Crippen LogP contribution in [0.25, 0.3) is 0 Å². The molecule has 1 aliphatic heterocycles. The topological polar surface area (TPSA) is 60.2 Å². The van der Waals surface area contributed by atoms with Gasteiger partial charge in [-0.05, 0) is 13.0 Å². The van der Waals surface area contributed by atoms with Crippen molar-refractivity contribution in [1.29, 1.82) is 0 Å². The average molecular weight is 362 g/mol. The monoisotopic (exact) mass is 362 g/mol. The smallest absolute Gasteiger partial charge is 0.198 e. The van der Waals surface area contributed by atoms with Gasteiger partial charge in [-0.2, -0.15) is 5.10 Å². The number of rotatable bonds is 4. The fourth-order valence-corrected chi connectivity index (χ4v) is 3.86. The highest BCUT2D eigenvalue weighted by Crippen LogP contribution is 2.29. The van der Waals surface area contributed by atoms with E-state index in [4.69, 9.17) is 17.0 Å². The van der Waals surface area contributed by atoms with Gasteiger partial charge in [0.1, 0.15) is 17.0 Å². The Morgan fingerprint density at radius 3 is 2.83 bits per heavy atom. The quantitative estimate of drug-likeness (QED) is 0.611. The molecule has 8 heteroatoms. The minimum Gasteiger partial charge on any atom is -0.378 e. The molecule has 0 radical (unpaired) electrons. The van der Waals surface area contributed by atoms with E-state index in [9.17, 15) is 4.79 Å². The highest BCUT2D eigenvalue weighted by Gasteiger charge is 2.27. The molecule has 3 rings (SSSR count). The Balaban J connectivity index is 1.81. The van der Waals surface area contributed by atoms with Crippen LogP contribution in [0, 0.1) is 6.92 Å². The zero-order valence-corrected chi connectivity index (χ0v) is 14.9. The van der Waals surface area contributed by atoms with E-state index in [0.29, 0.717) is 23.1 Å². The third-order valence-electron chi connectivity index (χ3n) is 3.69. The molecule has 0 amide bonds. The largest absolute Gasteiger partial charge is 0.378 e. The van der Waals surface area contributed by atoms with Gasteiger partial charge < -0.3 is 9.64 Å². The molecule has 126 valence electrons. The van der Waals surface area contributed by atoms with E-state index < -0.39 is 5.37 Å². The standard InChI is InChI=1S/C16H18N4O2S2/c1-12-3-2-4-13(9-12)14(21)15(20-11-17-10-18-20)24-16(23)19-5-7-22-8-6-19/h2-4,9-11,15H,5-8H2,1H3. The van der Waals surface area contributed by atoms with Crippen molar-refractivity contribution in [3.8, 4) is 0 Å². The summed E-state index contributed by atoms with van der Waals surface area (Å²) in [6.07, 6.45) is 2.97. The van der Waals surface area contributed by atoms with Gasteiger partial charge in [-0.15, -0.1) is 0 Å². The number of carbonyl (C=O) groups excluding carboxylic acids is 1. The van der Waals surface area contributed by atoms with Crippen molar-refractivity contribution in [3.05, 3.63) is 48.0 Å². The second-order valence-corrected chi connectivity index (χ2v) is 7.16. The Hall–Kier alpha value is -1.77. The number of aromatic nitrogens is 3. The predicted octanol–water partition coefficient (Wildman–Crippen LogP) is 2.32. The number of hydrogen-bond acceptors (Lipinski definition) is 6. The van der Waals surface area contributed by atoms with E-state index in [1.54, 1.807) is 11.0 Å². The highest BCUT2D eigenvalue weighted by molar-refractivity contribution is 8.23. The molecule has 0 saturated carbocycles. The molecular formula is C16H18N4O2S2. The summed E-state index contributed by atoms with van der Waals surface area (Å²) < 4.78 is 7.59. The Labute approximate surface area is 150 Å². The Morgan fingerprint density at radius 2 is 2.17 bits per heavy atom. The molecule has 1 aliphatic rings. The van der Waals surface area contributed by atoms with Crippen LogP contribution in [-0.2, 0) is 4.74 Å². The van der Waals surface area contributed by atoms with Crippen molar-refractivity contribution in [2.24, 2.45) is 0 Å². The Bertz CT molecular complexity index is 715. The number of thioether (sulfide) groups is 1. The van der Waals surface area contributed by atoms with Gasteiger partial charge in [-0.1, -0.05) is 47.7 Å². The molecule has 6 nitrogen and oxygen atoms in total. The van der Waals surface area contributed by atoms with Gasteiger partial charge in [-0.3, -0.25) is 4.79 Å². The maximum atomic E-state index is 13.0. The summed E-state index contributed by atoms with van der Waals surface area (Å²) in [4.78, 5) is 19.0. The number of benzene rings is 1. The summed E-state index contributed by atoms with van der Waals surface area (Å²) >= 11 is 6.87. The minimum absolute atomic E-state index is 0.0372. The van der Waals surface area contributed by atoms with Crippen LogP contribution in [0.1, 0.15) is 21.3 Å². The number of ketones is 1. The van der Waals surface area contributed by atoms with Crippen LogP contribution < -0.4 is 0 Å². The summed E-state index contributed by atoms with van der Waals surface area (Å²) in [7, 11) is 0. The fourth-order valence-electron chi connectivity index (χ4n) is 2.42. The van der Waals surface area contributed by atoms with Crippen LogP contribution in [0.5, 0.6) is 0 Å². The summed E-state index contributed by atoms with van der Waals surface area (Å²) in [5.74, 6) is -0.0372. The molecule has 0 N–H and O–H groups in total. The third-order valence-corrected chi connectivity index (χ3v) is 5.35. The normalized spacial score (nSPS) is 16.0. The summed E-state index contributed by atoms with van der Waals surface area (Å²) in [6, 6.07) is 7.54. The van der Waals surface area contributed by atoms with E-state index in [-0.39, 0.29) is 5.78 Å². The predicted molar refractivity (Wildman–Crippen MR) is 97.1 cm³/mol. The summed E-state index contributed by atoms with van der Waals surface area (Å²) in [5.41, 5.74) is 1.69. The first-order valence-electron chi connectivity index (χ1n) is 7.63. The number of ether oxygens (including phenoxy) is 1. The van der Waals surface area contributed by atoms with Crippen molar-refractivity contribution < 1.29 is 9.53 Å². The molecule has 24 heavy (non-hydrogen) atoms. The van der Waals surface area contributed by atoms with Gasteiger partial charge in [0.15, 0.2) is 11.2 Å². The molecule has 1 saturated heterocycles. The van der Waals surface area contributed by atoms with Gasteiger partial charge in [-0.25, -0.2) is 9.67 Å². The van der Waals surface area contributed by atoms with Crippen molar-refractivity contribution in [1.82, 2.24) is 19.7 Å². The van der Waals surface area contributed by atoms with Crippen LogP contribution in [-0.4, -0.2) is 56.1 Å². The van der Waals surface area contributed by atoms with Crippen LogP contribution >= 0.6 is 24.0 Å². The molecule has 2 heterocycles. The van der Waals surface area contributed by atoms with E-state index in [0.717, 1.165) is 18.7 Å². The van der Waals surface area contributed by atoms with Crippen molar-refractivity contribution >= 4 is 34.1 Å². The van der Waals surface area contributed by atoms with Gasteiger partial charge in [0.25, 0.3) is 0 Å². The Morgan fingerprint density at radius 1 is 1.38 bits per heavy atom. The van der Waals surface area contributed by atoms with Crippen LogP contribution in [0.3, 0.4) is 0 Å². The first-order chi connectivity index (χ1) is 11.6. The second-order valence-electron chi connectivity index (χ2n) is 5.44. The number of thiocarbonyl (C=S) groups is 1. The summed E-state index contributed by atoms with van der Waals surface area (Å²) in [6.45, 7) is 4.76. The molecule has 1 fully saturated rings. The highest BCUT2D eigenvalue weighted by atomic mass is 32.2. The van der Waals surface area contributed by atoms with Crippen molar-refractivity contribution in [2.45, 2.75) is 12.3 Å². The maximum absolute atomic E-state index is 13.0. The lowest BCUT2D eigenvalue weighted by atomic mass is 10.1. The van der Waals surface area contributed by atoms with Gasteiger partial charge in [0, 0.05) is 18.7 Å². The van der Waals surface area contributed by atoms with E-state index >= 15 is 0 Å². The zero-order chi connectivity index (χ0) is 16.9. The summed E-state index contributed by atoms with van der Waals surface area (Å²) in [5, 5.41) is 3.58. The molecule has 2 aromatic rings. The SMILES string of the molecule is Cc1cccc(C(=O)C(SC(=S)N2CCOCC2)n2cncn2)c1. The van der Waals surface area contributed by atoms with Gasteiger partial charge >= 0.3 is 0 Å². The molecule has 0 bridgehead atoms. The second kappa shape index (κ2) is 7.87. The molecule has 1 unspecified atom stereocenters. The number of Topliss-reactive ketones (excluding diaryl/α,β-unsaturated/α-hetero) is 1. The number of hydrogen-bond donors (Lipinski definition) is 0. The van der Waals surface area contributed by atoms with Crippen molar-refractivity contribution in [3.63, 3.8) is 0 Å². The van der Waals surface area contributed by atoms with E-state index in [2.05, 4.69) is 15.0 Å². The molecule has 1 aromatic heterocycles. The number of aryl methyl sites for hydroxylation is 1. The van der Waals surface area contributed by atoms with Gasteiger partial charge in [0.2, 0.25) is 0 Å². The molecule has 1 atom stereocenters. The molecule has 0 spiro atoms. The first-order valence-corrected chi connectivity index (χ1v) is 8.92.